The molecule has 0 aliphatic heterocycles. The van der Waals surface area contributed by atoms with E-state index in [9.17, 15) is 13.2 Å². The third kappa shape index (κ3) is 3.92. The molecule has 1 aromatic carbocycles. The second-order valence-corrected chi connectivity index (χ2v) is 7.56. The van der Waals surface area contributed by atoms with Crippen LogP contribution in [0.1, 0.15) is 26.2 Å². The lowest BCUT2D eigenvalue weighted by molar-refractivity contribution is -0.116. The average Bonchev–Trinajstić information content (AvgIpc) is 2.55. The van der Waals surface area contributed by atoms with Gasteiger partial charge in [0.15, 0.2) is 0 Å². The monoisotopic (exact) mass is 330 g/mol. The molecule has 0 N–H and O–H groups in total. The van der Waals surface area contributed by atoms with Gasteiger partial charge < -0.3 is 5.53 Å². The summed E-state index contributed by atoms with van der Waals surface area (Å²) in [5.41, 5.74) is 8.77. The van der Waals surface area contributed by atoms with Crippen LogP contribution in [0.25, 0.3) is 5.53 Å². The van der Waals surface area contributed by atoms with Crippen LogP contribution in [-0.4, -0.2) is 24.0 Å². The van der Waals surface area contributed by atoms with Gasteiger partial charge in [0.25, 0.3) is 15.6 Å². The van der Waals surface area contributed by atoms with Crippen molar-refractivity contribution in [2.24, 2.45) is 5.41 Å². The molecular weight excluding hydrogens is 312 g/mol. The van der Waals surface area contributed by atoms with E-state index in [1.807, 2.05) is 31.2 Å². The number of carbonyl (C=O) groups excluding carboxylic acids is 1. The largest absolute Gasteiger partial charge is 0.451 e. The van der Waals surface area contributed by atoms with Crippen molar-refractivity contribution >= 4 is 20.7 Å². The van der Waals surface area contributed by atoms with Crippen molar-refractivity contribution in [1.29, 1.82) is 0 Å². The van der Waals surface area contributed by atoms with Crippen LogP contribution in [0.15, 0.2) is 59.5 Å². The summed E-state index contributed by atoms with van der Waals surface area (Å²) >= 11 is 0. The van der Waals surface area contributed by atoms with E-state index in [0.29, 0.717) is 6.42 Å². The summed E-state index contributed by atoms with van der Waals surface area (Å²) in [6, 6.07) is 7.48. The molecule has 0 amide bonds. The van der Waals surface area contributed by atoms with Crippen LogP contribution in [0, 0.1) is 5.41 Å². The molecule has 0 fully saturated rings. The van der Waals surface area contributed by atoms with Crippen LogP contribution in [-0.2, 0) is 14.6 Å². The normalized spacial score (nSPS) is 15.9. The number of ketones is 1. The Kier molecular flexibility index (Phi) is 5.08. The third-order valence-corrected chi connectivity index (χ3v) is 5.51. The minimum atomic E-state index is -4.11. The molecule has 0 heterocycles. The number of allylic oxidation sites excluding steroid dienone is 4. The maximum Gasteiger partial charge on any atom is 0.451 e. The standard InChI is InChI=1S/C17H18N2O3S/c1-17(11-6-3-7-12-17)13-10-15(20)16(19-18)23(21,22)14-8-4-2-5-9-14/h2,4-9,11-12H,3,10,13H2,1H3. The molecule has 0 saturated heterocycles. The van der Waals surface area contributed by atoms with Crippen LogP contribution in [0.2, 0.25) is 0 Å². The summed E-state index contributed by atoms with van der Waals surface area (Å²) in [5, 5.41) is -0.809. The van der Waals surface area contributed by atoms with Crippen molar-refractivity contribution < 1.29 is 18.0 Å². The fraction of sp³-hybridized carbons (Fsp3) is 0.294. The summed E-state index contributed by atoms with van der Waals surface area (Å²) in [6.07, 6.45) is 9.30. The maximum absolute atomic E-state index is 12.4. The van der Waals surface area contributed by atoms with Gasteiger partial charge in [-0.15, -0.1) is 4.79 Å². The van der Waals surface area contributed by atoms with Gasteiger partial charge in [0.2, 0.25) is 0 Å². The van der Waals surface area contributed by atoms with Gasteiger partial charge in [-0.05, 0) is 25.0 Å². The van der Waals surface area contributed by atoms with E-state index < -0.39 is 20.7 Å². The van der Waals surface area contributed by atoms with E-state index in [2.05, 4.69) is 4.79 Å². The number of nitrogens with zero attached hydrogens (tertiary/aromatic N) is 2. The second-order valence-electron chi connectivity index (χ2n) is 5.69. The highest BCUT2D eigenvalue weighted by Gasteiger charge is 2.37. The molecular formula is C17H18N2O3S. The molecule has 23 heavy (non-hydrogen) atoms. The van der Waals surface area contributed by atoms with Crippen molar-refractivity contribution in [2.75, 3.05) is 0 Å². The van der Waals surface area contributed by atoms with E-state index in [1.54, 1.807) is 18.2 Å². The van der Waals surface area contributed by atoms with Crippen LogP contribution >= 0.6 is 0 Å². The molecule has 1 aromatic rings. The molecule has 6 heteroatoms. The van der Waals surface area contributed by atoms with Gasteiger partial charge in [0, 0.05) is 11.8 Å². The van der Waals surface area contributed by atoms with Gasteiger partial charge >= 0.3 is 5.04 Å². The zero-order valence-electron chi connectivity index (χ0n) is 12.8. The van der Waals surface area contributed by atoms with Crippen LogP contribution < -0.4 is 0 Å². The van der Waals surface area contributed by atoms with Crippen molar-refractivity contribution in [1.82, 2.24) is 0 Å². The lowest BCUT2D eigenvalue weighted by Crippen LogP contribution is -2.27. The van der Waals surface area contributed by atoms with Gasteiger partial charge in [-0.1, -0.05) is 49.4 Å². The lowest BCUT2D eigenvalue weighted by Gasteiger charge is -2.23. The zero-order chi connectivity index (χ0) is 16.9. The summed E-state index contributed by atoms with van der Waals surface area (Å²) in [6.45, 7) is 1.97. The van der Waals surface area contributed by atoms with Gasteiger partial charge in [-0.25, -0.2) is 8.42 Å². The molecule has 0 saturated carbocycles. The Morgan fingerprint density at radius 2 is 1.83 bits per heavy atom. The topological polar surface area (TPSA) is 87.6 Å². The average molecular weight is 330 g/mol. The minimum Gasteiger partial charge on any atom is -0.360 e. The minimum absolute atomic E-state index is 0.0172. The number of Topliss-reactive ketones (excluding diaryl/α,β-unsaturated/α-hetero) is 1. The summed E-state index contributed by atoms with van der Waals surface area (Å²) in [4.78, 5) is 15.0. The van der Waals surface area contributed by atoms with Gasteiger partial charge in [-0.3, -0.25) is 4.79 Å². The Morgan fingerprint density at radius 3 is 2.39 bits per heavy atom. The second kappa shape index (κ2) is 6.86. The number of sulfone groups is 1. The Morgan fingerprint density at radius 1 is 1.22 bits per heavy atom. The number of benzene rings is 1. The Bertz CT molecular complexity index is 790. The van der Waals surface area contributed by atoms with Crippen LogP contribution in [0.4, 0.5) is 0 Å². The zero-order valence-corrected chi connectivity index (χ0v) is 13.7. The molecule has 0 aromatic heterocycles. The molecule has 0 atom stereocenters. The molecule has 0 spiro atoms. The predicted molar refractivity (Wildman–Crippen MR) is 87.5 cm³/mol. The van der Waals surface area contributed by atoms with E-state index in [1.165, 1.54) is 12.1 Å². The Hall–Kier alpha value is -2.30. The van der Waals surface area contributed by atoms with Crippen molar-refractivity contribution in [3.63, 3.8) is 0 Å². The summed E-state index contributed by atoms with van der Waals surface area (Å²) in [7, 11) is -4.11. The first kappa shape index (κ1) is 17.1. The van der Waals surface area contributed by atoms with Crippen molar-refractivity contribution in [3.8, 4) is 0 Å². The maximum atomic E-state index is 12.4. The number of rotatable bonds is 5. The number of hydrogen-bond acceptors (Lipinski definition) is 3. The summed E-state index contributed by atoms with van der Waals surface area (Å²) in [5.74, 6) is -0.690. The quantitative estimate of drug-likeness (QED) is 0.273. The Labute approximate surface area is 135 Å². The fourth-order valence-electron chi connectivity index (χ4n) is 2.44. The third-order valence-electron chi connectivity index (χ3n) is 3.80. The summed E-state index contributed by atoms with van der Waals surface area (Å²) < 4.78 is 24.8. The highest BCUT2D eigenvalue weighted by Crippen LogP contribution is 2.30. The van der Waals surface area contributed by atoms with Crippen molar-refractivity contribution in [2.45, 2.75) is 31.1 Å². The number of carbonyl (C=O) groups is 1. The van der Waals surface area contributed by atoms with E-state index >= 15 is 0 Å². The van der Waals surface area contributed by atoms with E-state index in [0.717, 1.165) is 6.42 Å². The smallest absolute Gasteiger partial charge is 0.360 e. The molecule has 1 aliphatic carbocycles. The van der Waals surface area contributed by atoms with Gasteiger partial charge in [-0.2, -0.15) is 0 Å². The fourth-order valence-corrected chi connectivity index (χ4v) is 3.68. The first-order chi connectivity index (χ1) is 10.9. The molecule has 2 rings (SSSR count). The highest BCUT2D eigenvalue weighted by molar-refractivity contribution is 8.08. The predicted octanol–water partition coefficient (Wildman–Crippen LogP) is 2.96. The Balaban J connectivity index is 2.17. The SMILES string of the molecule is CC1(CCC(=O)C(=[N+]=[N-])S(=O)(=O)c2ccccc2)C=CCC=C1. The lowest BCUT2D eigenvalue weighted by atomic mass is 9.81. The van der Waals surface area contributed by atoms with Crippen molar-refractivity contribution in [3.05, 3.63) is 60.2 Å². The molecule has 1 aliphatic rings. The first-order valence-electron chi connectivity index (χ1n) is 7.30. The van der Waals surface area contributed by atoms with E-state index in [-0.39, 0.29) is 16.7 Å². The highest BCUT2D eigenvalue weighted by atomic mass is 32.2. The van der Waals surface area contributed by atoms with E-state index in [4.69, 9.17) is 5.53 Å². The first-order valence-corrected chi connectivity index (χ1v) is 8.78. The molecule has 0 bridgehead atoms. The molecule has 120 valence electrons. The molecule has 0 unspecified atom stereocenters. The van der Waals surface area contributed by atoms with Gasteiger partial charge in [0.1, 0.15) is 0 Å². The van der Waals surface area contributed by atoms with Gasteiger partial charge in [0.05, 0.1) is 4.90 Å². The molecule has 5 nitrogen and oxygen atoms in total. The van der Waals surface area contributed by atoms with Crippen LogP contribution in [0.5, 0.6) is 0 Å². The molecule has 0 radical (unpaired) electrons. The van der Waals surface area contributed by atoms with Crippen LogP contribution in [0.3, 0.4) is 0 Å². The number of hydrogen-bond donors (Lipinski definition) is 0.